The number of aliphatic hydroxyl groups is 1. The van der Waals surface area contributed by atoms with E-state index in [0.717, 1.165) is 35.7 Å². The molecule has 5 heteroatoms. The molecule has 0 saturated carbocycles. The largest absolute Gasteiger partial charge is 0.388 e. The molecule has 5 nitrogen and oxygen atoms in total. The smallest absolute Gasteiger partial charge is 0.157 e. The minimum atomic E-state index is -0.643. The van der Waals surface area contributed by atoms with Gasteiger partial charge in [0, 0.05) is 30.8 Å². The molecule has 0 amide bonds. The first-order valence-electron chi connectivity index (χ1n) is 7.50. The zero-order valence-corrected chi connectivity index (χ0v) is 12.5. The highest BCUT2D eigenvalue weighted by Gasteiger charge is 2.32. The van der Waals surface area contributed by atoms with Crippen LogP contribution in [0.5, 0.6) is 0 Å². The van der Waals surface area contributed by atoms with Crippen molar-refractivity contribution in [2.75, 3.05) is 18.0 Å². The van der Waals surface area contributed by atoms with Crippen LogP contribution >= 0.6 is 0 Å². The summed E-state index contributed by atoms with van der Waals surface area (Å²) < 4.78 is 1.84. The maximum atomic E-state index is 10.2. The summed E-state index contributed by atoms with van der Waals surface area (Å²) >= 11 is 0. The van der Waals surface area contributed by atoms with Gasteiger partial charge in [-0.3, -0.25) is 0 Å². The van der Waals surface area contributed by atoms with E-state index in [1.165, 1.54) is 0 Å². The lowest BCUT2D eigenvalue weighted by Crippen LogP contribution is -2.30. The standard InChI is InChI=1S/C17H18N4O/c1-17(22)8-10-20(12-17)16-11-14(13-5-3-2-4-6-13)19-15-7-9-18-21(15)16/h2-7,9,11,22H,8,10,12H2,1H3. The van der Waals surface area contributed by atoms with Gasteiger partial charge in [0.25, 0.3) is 0 Å². The first-order chi connectivity index (χ1) is 10.6. The van der Waals surface area contributed by atoms with Gasteiger partial charge >= 0.3 is 0 Å². The molecule has 1 saturated heterocycles. The van der Waals surface area contributed by atoms with E-state index < -0.39 is 5.60 Å². The molecule has 3 aromatic rings. The summed E-state index contributed by atoms with van der Waals surface area (Å²) in [5.74, 6) is 0.978. The number of fused-ring (bicyclic) bond motifs is 1. The van der Waals surface area contributed by atoms with Crippen LogP contribution in [0.25, 0.3) is 16.9 Å². The van der Waals surface area contributed by atoms with Crippen molar-refractivity contribution in [2.45, 2.75) is 18.9 Å². The second kappa shape index (κ2) is 4.81. The fourth-order valence-corrected chi connectivity index (χ4v) is 3.02. The Bertz CT molecular complexity index is 810. The number of aromatic nitrogens is 3. The van der Waals surface area contributed by atoms with Gasteiger partial charge in [0.2, 0.25) is 0 Å². The Kier molecular flexibility index (Phi) is 2.90. The van der Waals surface area contributed by atoms with Gasteiger partial charge in [-0.2, -0.15) is 9.61 Å². The second-order valence-electron chi connectivity index (χ2n) is 6.14. The summed E-state index contributed by atoms with van der Waals surface area (Å²) in [5, 5.41) is 14.6. The number of nitrogens with zero attached hydrogens (tertiary/aromatic N) is 4. The van der Waals surface area contributed by atoms with Crippen LogP contribution in [0.2, 0.25) is 0 Å². The van der Waals surface area contributed by atoms with Crippen molar-refractivity contribution in [3.8, 4) is 11.3 Å². The highest BCUT2D eigenvalue weighted by atomic mass is 16.3. The van der Waals surface area contributed by atoms with Crippen molar-refractivity contribution in [3.63, 3.8) is 0 Å². The van der Waals surface area contributed by atoms with Gasteiger partial charge in [-0.1, -0.05) is 30.3 Å². The number of benzene rings is 1. The van der Waals surface area contributed by atoms with E-state index in [1.807, 2.05) is 35.7 Å². The molecule has 112 valence electrons. The van der Waals surface area contributed by atoms with Crippen LogP contribution in [0, 0.1) is 0 Å². The maximum absolute atomic E-state index is 10.2. The number of hydrogen-bond donors (Lipinski definition) is 1. The summed E-state index contributed by atoms with van der Waals surface area (Å²) in [6.07, 6.45) is 2.52. The van der Waals surface area contributed by atoms with Gasteiger partial charge < -0.3 is 10.0 Å². The van der Waals surface area contributed by atoms with E-state index in [9.17, 15) is 5.11 Å². The third-order valence-corrected chi connectivity index (χ3v) is 4.19. The van der Waals surface area contributed by atoms with Gasteiger partial charge in [-0.05, 0) is 13.3 Å². The van der Waals surface area contributed by atoms with E-state index in [-0.39, 0.29) is 0 Å². The normalized spacial score (nSPS) is 21.6. The van der Waals surface area contributed by atoms with Crippen molar-refractivity contribution in [1.29, 1.82) is 0 Å². The Balaban J connectivity index is 1.85. The SMILES string of the molecule is CC1(O)CCN(c2cc(-c3ccccc3)nc3ccnn23)C1. The molecule has 0 spiro atoms. The highest BCUT2D eigenvalue weighted by molar-refractivity contribution is 5.67. The van der Waals surface area contributed by atoms with E-state index in [1.54, 1.807) is 6.20 Å². The predicted molar refractivity (Wildman–Crippen MR) is 85.9 cm³/mol. The monoisotopic (exact) mass is 294 g/mol. The minimum absolute atomic E-state index is 0.611. The van der Waals surface area contributed by atoms with Gasteiger partial charge in [0.15, 0.2) is 5.65 Å². The molecule has 1 aliphatic heterocycles. The van der Waals surface area contributed by atoms with Crippen molar-refractivity contribution >= 4 is 11.5 Å². The van der Waals surface area contributed by atoms with Crippen LogP contribution in [0.1, 0.15) is 13.3 Å². The molecule has 1 aromatic carbocycles. The molecule has 1 N–H and O–H groups in total. The van der Waals surface area contributed by atoms with Crippen molar-refractivity contribution in [2.24, 2.45) is 0 Å². The average molecular weight is 294 g/mol. The summed E-state index contributed by atoms with van der Waals surface area (Å²) in [4.78, 5) is 6.86. The molecule has 1 aliphatic rings. The molecule has 1 fully saturated rings. The Morgan fingerprint density at radius 1 is 1.18 bits per heavy atom. The molecule has 1 unspecified atom stereocenters. The van der Waals surface area contributed by atoms with Crippen molar-refractivity contribution in [1.82, 2.24) is 14.6 Å². The third-order valence-electron chi connectivity index (χ3n) is 4.19. The van der Waals surface area contributed by atoms with Crippen molar-refractivity contribution < 1.29 is 5.11 Å². The van der Waals surface area contributed by atoms with Crippen LogP contribution in [0.4, 0.5) is 5.82 Å². The maximum Gasteiger partial charge on any atom is 0.157 e. The lowest BCUT2D eigenvalue weighted by Gasteiger charge is -2.22. The van der Waals surface area contributed by atoms with Crippen LogP contribution in [0.3, 0.4) is 0 Å². The van der Waals surface area contributed by atoms with E-state index >= 15 is 0 Å². The Labute approximate surface area is 128 Å². The minimum Gasteiger partial charge on any atom is -0.388 e. The zero-order chi connectivity index (χ0) is 15.2. The van der Waals surface area contributed by atoms with Gasteiger partial charge in [0.05, 0.1) is 17.5 Å². The number of hydrogen-bond acceptors (Lipinski definition) is 4. The highest BCUT2D eigenvalue weighted by Crippen LogP contribution is 2.29. The molecule has 0 bridgehead atoms. The first kappa shape index (κ1) is 13.3. The fraction of sp³-hybridized carbons (Fsp3) is 0.294. The number of β-amino-alcohol motifs (C(OH)–C–C–N with tert-alkyl or cyclic N) is 1. The summed E-state index contributed by atoms with van der Waals surface area (Å²) in [7, 11) is 0. The van der Waals surface area contributed by atoms with E-state index in [2.05, 4.69) is 33.2 Å². The molecule has 2 aromatic heterocycles. The van der Waals surface area contributed by atoms with Crippen molar-refractivity contribution in [3.05, 3.63) is 48.7 Å². The van der Waals surface area contributed by atoms with E-state index in [4.69, 9.17) is 0 Å². The quantitative estimate of drug-likeness (QED) is 0.788. The Hall–Kier alpha value is -2.40. The summed E-state index contributed by atoms with van der Waals surface area (Å²) in [5.41, 5.74) is 2.19. The Morgan fingerprint density at radius 3 is 2.73 bits per heavy atom. The second-order valence-corrected chi connectivity index (χ2v) is 6.14. The molecule has 1 atom stereocenters. The first-order valence-corrected chi connectivity index (χ1v) is 7.50. The van der Waals surface area contributed by atoms with Crippen LogP contribution < -0.4 is 4.90 Å². The van der Waals surface area contributed by atoms with Crippen LogP contribution in [-0.4, -0.2) is 38.4 Å². The zero-order valence-electron chi connectivity index (χ0n) is 12.5. The molecular formula is C17H18N4O. The predicted octanol–water partition coefficient (Wildman–Crippen LogP) is 2.36. The average Bonchev–Trinajstić information content (AvgIpc) is 3.13. The molecule has 22 heavy (non-hydrogen) atoms. The number of anilines is 1. The fourth-order valence-electron chi connectivity index (χ4n) is 3.02. The van der Waals surface area contributed by atoms with Gasteiger partial charge in [0.1, 0.15) is 5.82 Å². The molecule has 0 aliphatic carbocycles. The molecule has 4 rings (SSSR count). The Morgan fingerprint density at radius 2 is 2.00 bits per heavy atom. The lowest BCUT2D eigenvalue weighted by atomic mass is 10.1. The molecular weight excluding hydrogens is 276 g/mol. The summed E-state index contributed by atoms with van der Waals surface area (Å²) in [6, 6.07) is 14.1. The third kappa shape index (κ3) is 2.23. The number of rotatable bonds is 2. The lowest BCUT2D eigenvalue weighted by molar-refractivity contribution is 0.0839. The topological polar surface area (TPSA) is 53.7 Å². The van der Waals surface area contributed by atoms with E-state index in [0.29, 0.717) is 6.54 Å². The molecule has 3 heterocycles. The van der Waals surface area contributed by atoms with Gasteiger partial charge in [-0.25, -0.2) is 4.98 Å². The van der Waals surface area contributed by atoms with Gasteiger partial charge in [-0.15, -0.1) is 0 Å². The summed E-state index contributed by atoms with van der Waals surface area (Å²) in [6.45, 7) is 3.31. The molecule has 0 radical (unpaired) electrons. The van der Waals surface area contributed by atoms with Crippen LogP contribution in [-0.2, 0) is 0 Å². The van der Waals surface area contributed by atoms with Crippen LogP contribution in [0.15, 0.2) is 48.7 Å².